The minimum Gasteiger partial charge on any atom is -0.493 e. The number of hydrogen-bond acceptors (Lipinski definition) is 6. The van der Waals surface area contributed by atoms with E-state index in [0.29, 0.717) is 36.1 Å². The van der Waals surface area contributed by atoms with E-state index in [1.807, 2.05) is 17.0 Å². The van der Waals surface area contributed by atoms with Crippen LogP contribution in [0, 0.1) is 5.92 Å². The van der Waals surface area contributed by atoms with Crippen molar-refractivity contribution in [1.29, 1.82) is 0 Å². The molecule has 1 aromatic carbocycles. The van der Waals surface area contributed by atoms with Gasteiger partial charge in [-0.2, -0.15) is 0 Å². The number of carbonyl (C=O) groups is 2. The van der Waals surface area contributed by atoms with Crippen LogP contribution in [0.3, 0.4) is 0 Å². The van der Waals surface area contributed by atoms with Crippen LogP contribution in [0.4, 0.5) is 0 Å². The normalized spacial score (nSPS) is 18.2. The van der Waals surface area contributed by atoms with Crippen LogP contribution in [0.2, 0.25) is 0 Å². The number of rotatable bonds is 8. The molecule has 0 unspecified atom stereocenters. The van der Waals surface area contributed by atoms with E-state index >= 15 is 0 Å². The lowest BCUT2D eigenvalue weighted by Gasteiger charge is -2.47. The van der Waals surface area contributed by atoms with E-state index in [1.165, 1.54) is 0 Å². The molecule has 3 rings (SSSR count). The molecule has 0 saturated carbocycles. The van der Waals surface area contributed by atoms with Crippen LogP contribution in [0.25, 0.3) is 0 Å². The SMILES string of the molecule is COc1ccc(CCC(=O)N2CC(N3CCC(C(N)=O)CC3)C2)c(OC)c1OC. The molecule has 160 valence electrons. The fraction of sp³-hybridized carbons (Fsp3) is 0.619. The summed E-state index contributed by atoms with van der Waals surface area (Å²) in [5, 5.41) is 0. The Morgan fingerprint density at radius 3 is 2.24 bits per heavy atom. The van der Waals surface area contributed by atoms with Crippen molar-refractivity contribution in [2.24, 2.45) is 11.7 Å². The van der Waals surface area contributed by atoms with Gasteiger partial charge in [-0.15, -0.1) is 0 Å². The molecule has 2 aliphatic heterocycles. The molecule has 2 aliphatic rings. The summed E-state index contributed by atoms with van der Waals surface area (Å²) in [6, 6.07) is 4.13. The predicted octanol–water partition coefficient (Wildman–Crippen LogP) is 1.05. The molecular formula is C21H31N3O5. The number of nitrogens with zero attached hydrogens (tertiary/aromatic N) is 2. The third kappa shape index (κ3) is 4.58. The summed E-state index contributed by atoms with van der Waals surface area (Å²) >= 11 is 0. The number of hydrogen-bond donors (Lipinski definition) is 1. The molecule has 0 bridgehead atoms. The highest BCUT2D eigenvalue weighted by atomic mass is 16.5. The number of ether oxygens (including phenoxy) is 3. The third-order valence-electron chi connectivity index (χ3n) is 6.06. The van der Waals surface area contributed by atoms with Crippen LogP contribution in [-0.4, -0.2) is 75.2 Å². The van der Waals surface area contributed by atoms with Crippen LogP contribution in [0.5, 0.6) is 17.2 Å². The zero-order valence-electron chi connectivity index (χ0n) is 17.5. The van der Waals surface area contributed by atoms with Crippen molar-refractivity contribution in [2.45, 2.75) is 31.7 Å². The number of nitrogens with two attached hydrogens (primary N) is 1. The molecule has 0 atom stereocenters. The minimum atomic E-state index is -0.194. The Labute approximate surface area is 171 Å². The first-order chi connectivity index (χ1) is 14.0. The molecule has 2 amide bonds. The summed E-state index contributed by atoms with van der Waals surface area (Å²) in [7, 11) is 4.74. The van der Waals surface area contributed by atoms with Gasteiger partial charge in [-0.25, -0.2) is 0 Å². The first kappa shape index (κ1) is 21.2. The summed E-state index contributed by atoms with van der Waals surface area (Å²) in [5.74, 6) is 1.71. The van der Waals surface area contributed by atoms with E-state index in [4.69, 9.17) is 19.9 Å². The highest BCUT2D eigenvalue weighted by Gasteiger charge is 2.36. The molecule has 1 aromatic rings. The number of carbonyl (C=O) groups excluding carboxylic acids is 2. The average Bonchev–Trinajstić information content (AvgIpc) is 2.70. The van der Waals surface area contributed by atoms with Crippen molar-refractivity contribution in [3.05, 3.63) is 17.7 Å². The molecule has 0 spiro atoms. The first-order valence-corrected chi connectivity index (χ1v) is 10.1. The summed E-state index contributed by atoms with van der Waals surface area (Å²) in [6.45, 7) is 3.26. The average molecular weight is 405 g/mol. The van der Waals surface area contributed by atoms with E-state index < -0.39 is 0 Å². The summed E-state index contributed by atoms with van der Waals surface area (Å²) in [5.41, 5.74) is 6.32. The maximum atomic E-state index is 12.6. The molecule has 2 heterocycles. The van der Waals surface area contributed by atoms with Crippen molar-refractivity contribution in [2.75, 3.05) is 47.5 Å². The van der Waals surface area contributed by atoms with Crippen LogP contribution >= 0.6 is 0 Å². The fourth-order valence-electron chi connectivity index (χ4n) is 4.20. The number of amides is 2. The van der Waals surface area contributed by atoms with Gasteiger partial charge < -0.3 is 24.8 Å². The second-order valence-electron chi connectivity index (χ2n) is 7.66. The van der Waals surface area contributed by atoms with Gasteiger partial charge in [0.1, 0.15) is 0 Å². The van der Waals surface area contributed by atoms with E-state index in [2.05, 4.69) is 4.90 Å². The molecule has 8 nitrogen and oxygen atoms in total. The molecule has 2 N–H and O–H groups in total. The standard InChI is InChI=1S/C21H31N3O5/c1-27-17-6-4-14(19(28-2)20(17)29-3)5-7-18(25)24-12-16(13-24)23-10-8-15(9-11-23)21(22)26/h4,6,15-16H,5,7-13H2,1-3H3,(H2,22,26). The Kier molecular flexibility index (Phi) is 6.84. The highest BCUT2D eigenvalue weighted by Crippen LogP contribution is 2.40. The van der Waals surface area contributed by atoms with Crippen molar-refractivity contribution in [1.82, 2.24) is 9.80 Å². The fourth-order valence-corrected chi connectivity index (χ4v) is 4.20. The van der Waals surface area contributed by atoms with Gasteiger partial charge in [0.05, 0.1) is 21.3 Å². The van der Waals surface area contributed by atoms with Gasteiger partial charge in [-0.05, 0) is 44.0 Å². The van der Waals surface area contributed by atoms with Gasteiger partial charge in [-0.3, -0.25) is 14.5 Å². The van der Waals surface area contributed by atoms with Crippen molar-refractivity contribution < 1.29 is 23.8 Å². The Balaban J connectivity index is 1.49. The van der Waals surface area contributed by atoms with E-state index in [-0.39, 0.29) is 17.7 Å². The Bertz CT molecular complexity index is 740. The number of aryl methyl sites for hydroxylation is 1. The zero-order chi connectivity index (χ0) is 21.0. The van der Waals surface area contributed by atoms with Gasteiger partial charge >= 0.3 is 0 Å². The minimum absolute atomic E-state index is 0.000491. The number of methoxy groups -OCH3 is 3. The first-order valence-electron chi connectivity index (χ1n) is 10.1. The van der Waals surface area contributed by atoms with Crippen molar-refractivity contribution >= 4 is 11.8 Å². The molecule has 0 radical (unpaired) electrons. The second kappa shape index (κ2) is 9.35. The Hall–Kier alpha value is -2.48. The summed E-state index contributed by atoms with van der Waals surface area (Å²) in [6.07, 6.45) is 2.63. The van der Waals surface area contributed by atoms with Gasteiger partial charge in [0.15, 0.2) is 11.5 Å². The highest BCUT2D eigenvalue weighted by molar-refractivity contribution is 5.78. The molecule has 2 saturated heterocycles. The van der Waals surface area contributed by atoms with Crippen LogP contribution in [0.1, 0.15) is 24.8 Å². The van der Waals surface area contributed by atoms with Gasteiger partial charge in [-0.1, -0.05) is 6.07 Å². The van der Waals surface area contributed by atoms with Crippen molar-refractivity contribution in [3.8, 4) is 17.2 Å². The number of primary amides is 1. The van der Waals surface area contributed by atoms with Crippen molar-refractivity contribution in [3.63, 3.8) is 0 Å². The van der Waals surface area contributed by atoms with E-state index in [9.17, 15) is 9.59 Å². The molecule has 0 aliphatic carbocycles. The van der Waals surface area contributed by atoms with Crippen LogP contribution in [-0.2, 0) is 16.0 Å². The Morgan fingerprint density at radius 2 is 1.69 bits per heavy atom. The van der Waals surface area contributed by atoms with E-state index in [0.717, 1.165) is 44.6 Å². The molecule has 29 heavy (non-hydrogen) atoms. The van der Waals surface area contributed by atoms with Gasteiger partial charge in [0, 0.05) is 31.5 Å². The topological polar surface area (TPSA) is 94.3 Å². The van der Waals surface area contributed by atoms with Gasteiger partial charge in [0.2, 0.25) is 17.6 Å². The lowest BCUT2D eigenvalue weighted by Crippen LogP contribution is -2.62. The van der Waals surface area contributed by atoms with Crippen LogP contribution in [0.15, 0.2) is 12.1 Å². The van der Waals surface area contributed by atoms with Crippen LogP contribution < -0.4 is 19.9 Å². The maximum Gasteiger partial charge on any atom is 0.223 e. The monoisotopic (exact) mass is 405 g/mol. The van der Waals surface area contributed by atoms with Gasteiger partial charge in [0.25, 0.3) is 0 Å². The molecule has 0 aromatic heterocycles. The molecular weight excluding hydrogens is 374 g/mol. The number of likely N-dealkylation sites (tertiary alicyclic amines) is 2. The quantitative estimate of drug-likeness (QED) is 0.695. The second-order valence-corrected chi connectivity index (χ2v) is 7.66. The molecule has 2 fully saturated rings. The lowest BCUT2D eigenvalue weighted by atomic mass is 9.93. The summed E-state index contributed by atoms with van der Waals surface area (Å²) in [4.78, 5) is 28.2. The Morgan fingerprint density at radius 1 is 1.03 bits per heavy atom. The number of piperidine rings is 1. The summed E-state index contributed by atoms with van der Waals surface area (Å²) < 4.78 is 16.2. The third-order valence-corrected chi connectivity index (χ3v) is 6.06. The smallest absolute Gasteiger partial charge is 0.223 e. The molecule has 8 heteroatoms. The lowest BCUT2D eigenvalue weighted by molar-refractivity contribution is -0.139. The predicted molar refractivity (Wildman–Crippen MR) is 108 cm³/mol. The maximum absolute atomic E-state index is 12.6. The largest absolute Gasteiger partial charge is 0.493 e. The number of benzene rings is 1. The van der Waals surface area contributed by atoms with E-state index in [1.54, 1.807) is 21.3 Å². The zero-order valence-corrected chi connectivity index (χ0v) is 17.5.